The number of hydrogen-bond acceptors (Lipinski definition) is 4. The van der Waals surface area contributed by atoms with E-state index in [0.29, 0.717) is 40.8 Å². The maximum absolute atomic E-state index is 14.5. The molecule has 0 radical (unpaired) electrons. The highest BCUT2D eigenvalue weighted by Crippen LogP contribution is 2.37. The number of rotatable bonds is 6. The predicted octanol–water partition coefficient (Wildman–Crippen LogP) is 3.34. The Labute approximate surface area is 179 Å². The number of aliphatic hydroxyl groups excluding tert-OH is 1. The van der Waals surface area contributed by atoms with Gasteiger partial charge in [-0.25, -0.2) is 8.78 Å². The van der Waals surface area contributed by atoms with E-state index in [1.807, 2.05) is 0 Å². The molecule has 31 heavy (non-hydrogen) atoms. The van der Waals surface area contributed by atoms with Gasteiger partial charge in [-0.3, -0.25) is 9.59 Å². The Kier molecular flexibility index (Phi) is 5.87. The molecular weight excluding hydrogens is 402 g/mol. The van der Waals surface area contributed by atoms with Gasteiger partial charge in [-0.15, -0.1) is 0 Å². The lowest BCUT2D eigenvalue weighted by atomic mass is 9.75. The molecule has 1 heterocycles. The number of allylic oxidation sites excluding steroid dienone is 1. The van der Waals surface area contributed by atoms with E-state index in [2.05, 4.69) is 5.32 Å². The number of ketones is 1. The average molecular weight is 426 g/mol. The third-order valence-corrected chi connectivity index (χ3v) is 6.18. The molecule has 2 aromatic carbocycles. The number of hydrogen-bond donors (Lipinski definition) is 2. The fraction of sp³-hybridized carbons (Fsp3) is 0.333. The van der Waals surface area contributed by atoms with E-state index in [1.54, 1.807) is 36.1 Å². The zero-order chi connectivity index (χ0) is 22.1. The maximum atomic E-state index is 14.5. The zero-order valence-electron chi connectivity index (χ0n) is 17.2. The van der Waals surface area contributed by atoms with Crippen LogP contribution < -0.4 is 5.32 Å². The number of Topliss-reactive ketones (excluding diaryl/α,β-unsaturated/α-hetero) is 1. The molecule has 1 aliphatic heterocycles. The van der Waals surface area contributed by atoms with Gasteiger partial charge in [0.25, 0.3) is 5.91 Å². The van der Waals surface area contributed by atoms with Crippen molar-refractivity contribution < 1.29 is 23.5 Å². The first-order valence-corrected chi connectivity index (χ1v) is 10.3. The van der Waals surface area contributed by atoms with Gasteiger partial charge in [-0.1, -0.05) is 24.3 Å². The summed E-state index contributed by atoms with van der Waals surface area (Å²) in [4.78, 5) is 27.4. The van der Waals surface area contributed by atoms with E-state index in [0.717, 1.165) is 0 Å². The van der Waals surface area contributed by atoms with Crippen LogP contribution in [0.3, 0.4) is 0 Å². The van der Waals surface area contributed by atoms with Crippen LogP contribution in [0.15, 0.2) is 48.2 Å². The van der Waals surface area contributed by atoms with Crippen molar-refractivity contribution in [3.05, 3.63) is 76.5 Å². The summed E-state index contributed by atoms with van der Waals surface area (Å²) in [6.07, 6.45) is 1.05. The molecule has 0 aromatic heterocycles. The van der Waals surface area contributed by atoms with Gasteiger partial charge in [0.2, 0.25) is 0 Å². The number of carbonyl (C=O) groups excluding carboxylic acids is 2. The lowest BCUT2D eigenvalue weighted by Gasteiger charge is -2.36. The van der Waals surface area contributed by atoms with E-state index in [4.69, 9.17) is 0 Å². The second kappa shape index (κ2) is 8.59. The molecule has 1 aliphatic carbocycles. The van der Waals surface area contributed by atoms with E-state index in [1.165, 1.54) is 18.2 Å². The minimum atomic E-state index is -0.671. The largest absolute Gasteiger partial charge is 0.395 e. The number of nitrogens with zero attached hydrogens (tertiary/aromatic N) is 1. The van der Waals surface area contributed by atoms with Crippen molar-refractivity contribution in [3.63, 3.8) is 0 Å². The standard InChI is InChI=1S/C24H24F2N2O3/c1-14-22(17-6-3-7-20(26)19(17)13-28(14)10-11-29)24(31)27-23(18-8-9-21(18)30)15-4-2-5-16(25)12-15/h2-7,12,18,23,29H,8-11,13H2,1H3,(H,27,31)/t18?,23-/m1/s1. The fourth-order valence-corrected chi connectivity index (χ4v) is 4.38. The fourth-order valence-electron chi connectivity index (χ4n) is 4.38. The smallest absolute Gasteiger partial charge is 0.254 e. The van der Waals surface area contributed by atoms with Crippen LogP contribution >= 0.6 is 0 Å². The highest BCUT2D eigenvalue weighted by molar-refractivity contribution is 6.21. The second-order valence-corrected chi connectivity index (χ2v) is 7.99. The molecule has 0 spiro atoms. The van der Waals surface area contributed by atoms with Gasteiger partial charge in [0, 0.05) is 36.7 Å². The molecule has 1 fully saturated rings. The Morgan fingerprint density at radius 1 is 1.26 bits per heavy atom. The van der Waals surface area contributed by atoms with Crippen LogP contribution in [0.2, 0.25) is 0 Å². The molecule has 0 bridgehead atoms. The Morgan fingerprint density at radius 3 is 2.68 bits per heavy atom. The van der Waals surface area contributed by atoms with Crippen LogP contribution in [0, 0.1) is 17.6 Å². The maximum Gasteiger partial charge on any atom is 0.254 e. The zero-order valence-corrected chi connectivity index (χ0v) is 17.2. The highest BCUT2D eigenvalue weighted by Gasteiger charge is 2.38. The minimum absolute atomic E-state index is 0.0252. The summed E-state index contributed by atoms with van der Waals surface area (Å²) in [5, 5.41) is 12.3. The summed E-state index contributed by atoms with van der Waals surface area (Å²) >= 11 is 0. The van der Waals surface area contributed by atoms with Gasteiger partial charge in [-0.2, -0.15) is 0 Å². The minimum Gasteiger partial charge on any atom is -0.395 e. The molecule has 4 rings (SSSR count). The first kappa shape index (κ1) is 21.2. The quantitative estimate of drug-likeness (QED) is 0.744. The molecule has 0 saturated heterocycles. The number of benzene rings is 2. The second-order valence-electron chi connectivity index (χ2n) is 7.99. The first-order chi connectivity index (χ1) is 14.9. The average Bonchev–Trinajstić information content (AvgIpc) is 2.73. The van der Waals surface area contributed by atoms with E-state index >= 15 is 0 Å². The van der Waals surface area contributed by atoms with Crippen molar-refractivity contribution in [2.75, 3.05) is 13.2 Å². The number of fused-ring (bicyclic) bond motifs is 1. The molecule has 2 aliphatic rings. The third kappa shape index (κ3) is 3.97. The molecule has 2 N–H and O–H groups in total. The lowest BCUT2D eigenvalue weighted by molar-refractivity contribution is -0.131. The van der Waals surface area contributed by atoms with Crippen molar-refractivity contribution in [1.29, 1.82) is 0 Å². The highest BCUT2D eigenvalue weighted by atomic mass is 19.1. The summed E-state index contributed by atoms with van der Waals surface area (Å²) < 4.78 is 28.4. The van der Waals surface area contributed by atoms with Crippen LogP contribution in [0.25, 0.3) is 5.57 Å². The Hall–Kier alpha value is -3.06. The summed E-state index contributed by atoms with van der Waals surface area (Å²) in [5.41, 5.74) is 2.30. The Morgan fingerprint density at radius 2 is 2.03 bits per heavy atom. The monoisotopic (exact) mass is 426 g/mol. The number of carbonyl (C=O) groups is 2. The van der Waals surface area contributed by atoms with Gasteiger partial charge < -0.3 is 15.3 Å². The lowest BCUT2D eigenvalue weighted by Crippen LogP contribution is -2.43. The summed E-state index contributed by atoms with van der Waals surface area (Å²) in [5.74, 6) is -1.72. The van der Waals surface area contributed by atoms with Gasteiger partial charge in [-0.05, 0) is 42.7 Å². The number of β-amino-alcohol motifs (C(OH)–C–C–N with tert-alkyl or cyclic N) is 1. The van der Waals surface area contributed by atoms with Crippen molar-refractivity contribution in [1.82, 2.24) is 10.2 Å². The van der Waals surface area contributed by atoms with E-state index in [9.17, 15) is 23.5 Å². The SMILES string of the molecule is CC1=C(C(=O)N[C@H](c2cccc(F)c2)C2CCC2=O)c2cccc(F)c2CN1CCO. The summed E-state index contributed by atoms with van der Waals surface area (Å²) in [6, 6.07) is 9.78. The van der Waals surface area contributed by atoms with Crippen LogP contribution in [0.1, 0.15) is 42.5 Å². The van der Waals surface area contributed by atoms with Crippen molar-refractivity contribution in [2.24, 2.45) is 5.92 Å². The van der Waals surface area contributed by atoms with E-state index < -0.39 is 29.5 Å². The predicted molar refractivity (Wildman–Crippen MR) is 112 cm³/mol. The Balaban J connectivity index is 1.73. The van der Waals surface area contributed by atoms with Gasteiger partial charge in [0.1, 0.15) is 17.4 Å². The van der Waals surface area contributed by atoms with Crippen LogP contribution in [-0.2, 0) is 16.1 Å². The van der Waals surface area contributed by atoms with Crippen molar-refractivity contribution in [3.8, 4) is 0 Å². The van der Waals surface area contributed by atoms with Crippen molar-refractivity contribution >= 4 is 17.3 Å². The molecular formula is C24H24F2N2O3. The molecule has 2 aromatic rings. The molecule has 1 saturated carbocycles. The molecule has 1 unspecified atom stereocenters. The van der Waals surface area contributed by atoms with Gasteiger partial charge in [0.15, 0.2) is 0 Å². The number of nitrogens with one attached hydrogen (secondary N) is 1. The topological polar surface area (TPSA) is 69.6 Å². The molecule has 2 atom stereocenters. The van der Waals surface area contributed by atoms with Crippen LogP contribution in [0.4, 0.5) is 8.78 Å². The molecule has 162 valence electrons. The number of halogens is 2. The van der Waals surface area contributed by atoms with Crippen LogP contribution in [0.5, 0.6) is 0 Å². The van der Waals surface area contributed by atoms with Crippen molar-refractivity contribution in [2.45, 2.75) is 32.4 Å². The first-order valence-electron chi connectivity index (χ1n) is 10.3. The van der Waals surface area contributed by atoms with Gasteiger partial charge >= 0.3 is 0 Å². The molecule has 7 heteroatoms. The normalized spacial score (nSPS) is 19.0. The summed E-state index contributed by atoms with van der Waals surface area (Å²) in [6.45, 7) is 2.12. The number of amides is 1. The van der Waals surface area contributed by atoms with E-state index in [-0.39, 0.29) is 25.5 Å². The molecule has 5 nitrogen and oxygen atoms in total. The Bertz CT molecular complexity index is 1070. The number of aliphatic hydroxyl groups is 1. The third-order valence-electron chi connectivity index (χ3n) is 6.18. The summed E-state index contributed by atoms with van der Waals surface area (Å²) in [7, 11) is 0. The van der Waals surface area contributed by atoms with Gasteiger partial charge in [0.05, 0.1) is 18.2 Å². The molecule has 1 amide bonds. The van der Waals surface area contributed by atoms with Crippen LogP contribution in [-0.4, -0.2) is 34.8 Å².